The first kappa shape index (κ1) is 21.0. The van der Waals surface area contributed by atoms with E-state index in [1.807, 2.05) is 0 Å². The number of carbonyl (C=O) groups is 2. The van der Waals surface area contributed by atoms with Gasteiger partial charge in [0.1, 0.15) is 6.33 Å². The molecular weight excluding hydrogens is 394 g/mol. The van der Waals surface area contributed by atoms with Gasteiger partial charge in [0.2, 0.25) is 11.6 Å². The van der Waals surface area contributed by atoms with Crippen molar-refractivity contribution in [1.82, 2.24) is 9.97 Å². The summed E-state index contributed by atoms with van der Waals surface area (Å²) in [5.74, 6) is -1.73. The largest absolute Gasteiger partial charge is 0.481 e. The number of carbonyl (C=O) groups excluding carboxylic acids is 1. The highest BCUT2D eigenvalue weighted by Gasteiger charge is 2.31. The Morgan fingerprint density at radius 1 is 1.33 bits per heavy atom. The summed E-state index contributed by atoms with van der Waals surface area (Å²) in [4.78, 5) is 44.1. The highest BCUT2D eigenvalue weighted by Crippen LogP contribution is 2.35. The lowest BCUT2D eigenvalue weighted by Crippen LogP contribution is -2.37. The van der Waals surface area contributed by atoms with Gasteiger partial charge in [-0.3, -0.25) is 14.9 Å². The Morgan fingerprint density at radius 2 is 2.07 bits per heavy atom. The molecule has 0 radical (unpaired) electrons. The van der Waals surface area contributed by atoms with Crippen LogP contribution in [0.15, 0.2) is 30.6 Å². The van der Waals surface area contributed by atoms with E-state index in [-0.39, 0.29) is 23.9 Å². The number of carboxylic acid groups (broad SMARTS) is 1. The van der Waals surface area contributed by atoms with Crippen molar-refractivity contribution >= 4 is 34.9 Å². The van der Waals surface area contributed by atoms with Gasteiger partial charge in [-0.05, 0) is 38.0 Å². The minimum atomic E-state index is -0.865. The molecule has 3 rings (SSSR count). The Morgan fingerprint density at radius 3 is 2.70 bits per heavy atom. The fourth-order valence-electron chi connectivity index (χ4n) is 3.27. The van der Waals surface area contributed by atoms with Crippen molar-refractivity contribution in [2.24, 2.45) is 5.92 Å². The summed E-state index contributed by atoms with van der Waals surface area (Å²) >= 11 is 0. The zero-order valence-electron chi connectivity index (χ0n) is 16.3. The molecule has 0 aliphatic carbocycles. The third-order valence-corrected chi connectivity index (χ3v) is 4.77. The number of carboxylic acids is 1. The fourth-order valence-corrected chi connectivity index (χ4v) is 3.27. The Bertz CT molecular complexity index is 958. The zero-order valence-corrected chi connectivity index (χ0v) is 16.3. The van der Waals surface area contributed by atoms with E-state index in [1.165, 1.54) is 12.4 Å². The fraction of sp³-hybridized carbons (Fsp3) is 0.368. The number of ether oxygens (including phenoxy) is 1. The molecule has 0 atom stereocenters. The Hall–Kier alpha value is -3.76. The minimum Gasteiger partial charge on any atom is -0.481 e. The smallest absolute Gasteiger partial charge is 0.353 e. The lowest BCUT2D eigenvalue weighted by atomic mass is 9.97. The van der Waals surface area contributed by atoms with Gasteiger partial charge in [-0.1, -0.05) is 6.07 Å². The van der Waals surface area contributed by atoms with Crippen LogP contribution in [0.5, 0.6) is 0 Å². The summed E-state index contributed by atoms with van der Waals surface area (Å²) in [6.07, 6.45) is 1.96. The summed E-state index contributed by atoms with van der Waals surface area (Å²) in [6.45, 7) is 2.61. The predicted molar refractivity (Wildman–Crippen MR) is 107 cm³/mol. The number of nitrogens with one attached hydrogen (secondary N) is 1. The topological polar surface area (TPSA) is 148 Å². The van der Waals surface area contributed by atoms with Gasteiger partial charge in [-0.25, -0.2) is 14.8 Å². The lowest BCUT2D eigenvalue weighted by molar-refractivity contribution is -0.383. The van der Waals surface area contributed by atoms with Crippen LogP contribution in [0.25, 0.3) is 0 Å². The first-order valence-electron chi connectivity index (χ1n) is 9.42. The summed E-state index contributed by atoms with van der Waals surface area (Å²) in [5, 5.41) is 23.8. The van der Waals surface area contributed by atoms with Crippen molar-refractivity contribution in [1.29, 1.82) is 0 Å². The van der Waals surface area contributed by atoms with Gasteiger partial charge in [0.15, 0.2) is 0 Å². The van der Waals surface area contributed by atoms with Gasteiger partial charge in [-0.15, -0.1) is 0 Å². The van der Waals surface area contributed by atoms with Gasteiger partial charge >= 0.3 is 17.6 Å². The van der Waals surface area contributed by atoms with Gasteiger partial charge in [0.25, 0.3) is 0 Å². The molecule has 1 aliphatic rings. The molecule has 2 N–H and O–H groups in total. The van der Waals surface area contributed by atoms with Crippen LogP contribution in [0.3, 0.4) is 0 Å². The second kappa shape index (κ2) is 9.16. The van der Waals surface area contributed by atoms with Crippen molar-refractivity contribution < 1.29 is 24.4 Å². The van der Waals surface area contributed by atoms with E-state index in [0.717, 1.165) is 0 Å². The number of rotatable bonds is 7. The van der Waals surface area contributed by atoms with Crippen LogP contribution >= 0.6 is 0 Å². The molecule has 1 aliphatic heterocycles. The molecule has 11 heteroatoms. The van der Waals surface area contributed by atoms with Crippen LogP contribution < -0.4 is 10.2 Å². The number of aromatic nitrogens is 2. The number of nitrogens with zero attached hydrogens (tertiary/aromatic N) is 4. The summed E-state index contributed by atoms with van der Waals surface area (Å²) < 4.78 is 4.97. The summed E-state index contributed by atoms with van der Waals surface area (Å²) in [7, 11) is 0. The van der Waals surface area contributed by atoms with Gasteiger partial charge in [0, 0.05) is 18.8 Å². The minimum absolute atomic E-state index is 0.0219. The standard InChI is InChI=1S/C19H21N5O6/c1-2-30-19(27)13-4-3-5-14(10-13)22-16-15(24(28)29)17(21-11-20-16)23-8-6-12(7-9-23)18(25)26/h3-5,10-12H,2,6-9H2,1H3,(H,25,26)(H,20,21,22). The average molecular weight is 415 g/mol. The van der Waals surface area contributed by atoms with Crippen LogP contribution in [0.4, 0.5) is 23.0 Å². The van der Waals surface area contributed by atoms with E-state index in [0.29, 0.717) is 37.2 Å². The Kier molecular flexibility index (Phi) is 6.40. The third kappa shape index (κ3) is 4.62. The van der Waals surface area contributed by atoms with Crippen molar-refractivity contribution in [3.05, 3.63) is 46.3 Å². The first-order valence-corrected chi connectivity index (χ1v) is 9.42. The van der Waals surface area contributed by atoms with E-state index < -0.39 is 22.8 Å². The molecule has 158 valence electrons. The van der Waals surface area contributed by atoms with Crippen LogP contribution in [0.2, 0.25) is 0 Å². The molecule has 1 saturated heterocycles. The molecule has 30 heavy (non-hydrogen) atoms. The molecule has 2 heterocycles. The zero-order chi connectivity index (χ0) is 21.7. The number of anilines is 3. The normalized spacial score (nSPS) is 14.2. The molecule has 0 saturated carbocycles. The van der Waals surface area contributed by atoms with E-state index >= 15 is 0 Å². The van der Waals surface area contributed by atoms with Crippen LogP contribution in [-0.4, -0.2) is 51.6 Å². The maximum absolute atomic E-state index is 11.9. The molecule has 0 amide bonds. The molecule has 0 spiro atoms. The molecule has 2 aromatic rings. The number of benzene rings is 1. The third-order valence-electron chi connectivity index (χ3n) is 4.77. The number of esters is 1. The van der Waals surface area contributed by atoms with Crippen molar-refractivity contribution in [2.45, 2.75) is 19.8 Å². The van der Waals surface area contributed by atoms with Gasteiger partial charge < -0.3 is 20.1 Å². The Labute approximate surface area is 171 Å². The summed E-state index contributed by atoms with van der Waals surface area (Å²) in [5.41, 5.74) is 0.417. The first-order chi connectivity index (χ1) is 14.4. The number of piperidine rings is 1. The lowest BCUT2D eigenvalue weighted by Gasteiger charge is -2.30. The number of aliphatic carboxylic acids is 1. The molecule has 1 aromatic heterocycles. The molecule has 1 fully saturated rings. The van der Waals surface area contributed by atoms with Gasteiger partial charge in [0.05, 0.1) is 23.0 Å². The highest BCUT2D eigenvalue weighted by atomic mass is 16.6. The quantitative estimate of drug-likeness (QED) is 0.393. The van der Waals surface area contributed by atoms with Crippen LogP contribution in [0, 0.1) is 16.0 Å². The maximum Gasteiger partial charge on any atom is 0.353 e. The van der Waals surface area contributed by atoms with Crippen LogP contribution in [0.1, 0.15) is 30.1 Å². The summed E-state index contributed by atoms with van der Waals surface area (Å²) in [6, 6.07) is 6.36. The second-order valence-corrected chi connectivity index (χ2v) is 6.68. The van der Waals surface area contributed by atoms with E-state index in [4.69, 9.17) is 9.84 Å². The monoisotopic (exact) mass is 415 g/mol. The molecular formula is C19H21N5O6. The predicted octanol–water partition coefficient (Wildman–Crippen LogP) is 2.61. The maximum atomic E-state index is 11.9. The highest BCUT2D eigenvalue weighted by molar-refractivity contribution is 5.91. The van der Waals surface area contributed by atoms with E-state index in [2.05, 4.69) is 15.3 Å². The average Bonchev–Trinajstić information content (AvgIpc) is 2.74. The van der Waals surface area contributed by atoms with E-state index in [1.54, 1.807) is 30.0 Å². The second-order valence-electron chi connectivity index (χ2n) is 6.68. The van der Waals surface area contributed by atoms with Crippen molar-refractivity contribution in [2.75, 3.05) is 29.9 Å². The molecule has 11 nitrogen and oxygen atoms in total. The number of hydrogen-bond acceptors (Lipinski definition) is 9. The van der Waals surface area contributed by atoms with Crippen LogP contribution in [-0.2, 0) is 9.53 Å². The Balaban J connectivity index is 1.87. The SMILES string of the molecule is CCOC(=O)c1cccc(Nc2ncnc(N3CCC(C(=O)O)CC3)c2[N+](=O)[O-])c1. The molecule has 0 unspecified atom stereocenters. The van der Waals surface area contributed by atoms with Gasteiger partial charge in [-0.2, -0.15) is 0 Å². The van der Waals surface area contributed by atoms with E-state index in [9.17, 15) is 19.7 Å². The van der Waals surface area contributed by atoms with Crippen molar-refractivity contribution in [3.8, 4) is 0 Å². The number of nitro groups is 1. The number of hydrogen-bond donors (Lipinski definition) is 2. The van der Waals surface area contributed by atoms with Crippen molar-refractivity contribution in [3.63, 3.8) is 0 Å². The molecule has 1 aromatic carbocycles. The molecule has 0 bridgehead atoms.